The van der Waals surface area contributed by atoms with Crippen LogP contribution in [0.25, 0.3) is 0 Å². The molecule has 0 rings (SSSR count). The van der Waals surface area contributed by atoms with E-state index in [4.69, 9.17) is 10.8 Å². The van der Waals surface area contributed by atoms with Gasteiger partial charge in [-0.3, -0.25) is 14.4 Å². The van der Waals surface area contributed by atoms with Crippen molar-refractivity contribution in [2.24, 2.45) is 5.73 Å². The lowest BCUT2D eigenvalue weighted by atomic mass is 10.2. The summed E-state index contributed by atoms with van der Waals surface area (Å²) in [6, 6.07) is -1.38. The molecular formula is C10H16N2O6. The van der Waals surface area contributed by atoms with Gasteiger partial charge < -0.3 is 20.9 Å². The lowest BCUT2D eigenvalue weighted by molar-refractivity contribution is -0.145. The first-order valence-corrected chi connectivity index (χ1v) is 5.32. The highest BCUT2D eigenvalue weighted by atomic mass is 16.5. The predicted molar refractivity (Wildman–Crippen MR) is 59.2 cm³/mol. The Morgan fingerprint density at radius 2 is 1.89 bits per heavy atom. The summed E-state index contributed by atoms with van der Waals surface area (Å²) in [6.45, 7) is 1.84. The molecule has 4 N–H and O–H groups in total. The number of hydrogen-bond acceptors (Lipinski definition) is 5. The molecule has 0 aromatic carbocycles. The van der Waals surface area contributed by atoms with Crippen LogP contribution >= 0.6 is 0 Å². The summed E-state index contributed by atoms with van der Waals surface area (Å²) >= 11 is 0. The van der Waals surface area contributed by atoms with Crippen LogP contribution in [0.5, 0.6) is 0 Å². The Bertz CT molecular complexity index is 341. The van der Waals surface area contributed by atoms with Crippen LogP contribution in [0.2, 0.25) is 0 Å². The van der Waals surface area contributed by atoms with Gasteiger partial charge in [0.25, 0.3) is 0 Å². The van der Waals surface area contributed by atoms with E-state index in [0.29, 0.717) is 0 Å². The van der Waals surface area contributed by atoms with E-state index < -0.39 is 36.2 Å². The average Bonchev–Trinajstić information content (AvgIpc) is 2.25. The number of aliphatic carboxylic acids is 1. The molecule has 0 aliphatic carbocycles. The molecule has 8 nitrogen and oxygen atoms in total. The number of esters is 1. The van der Waals surface area contributed by atoms with Crippen molar-refractivity contribution in [1.29, 1.82) is 0 Å². The Labute approximate surface area is 103 Å². The van der Waals surface area contributed by atoms with Gasteiger partial charge in [0.2, 0.25) is 11.8 Å². The van der Waals surface area contributed by atoms with Crippen molar-refractivity contribution in [1.82, 2.24) is 5.32 Å². The maximum absolute atomic E-state index is 11.3. The number of carboxylic acid groups (broad SMARTS) is 1. The minimum Gasteiger partial charge on any atom is -0.480 e. The van der Waals surface area contributed by atoms with Gasteiger partial charge in [-0.15, -0.1) is 0 Å². The van der Waals surface area contributed by atoms with Crippen LogP contribution in [-0.2, 0) is 23.9 Å². The van der Waals surface area contributed by atoms with Crippen molar-refractivity contribution in [2.45, 2.75) is 32.2 Å². The molecule has 0 aliphatic heterocycles. The molecule has 0 saturated heterocycles. The molecule has 102 valence electrons. The maximum Gasteiger partial charge on any atom is 0.326 e. The summed E-state index contributed by atoms with van der Waals surface area (Å²) in [5.41, 5.74) is 4.84. The van der Waals surface area contributed by atoms with Gasteiger partial charge in [0.15, 0.2) is 0 Å². The first kappa shape index (κ1) is 15.9. The molecule has 0 radical (unpaired) electrons. The van der Waals surface area contributed by atoms with Gasteiger partial charge in [0.05, 0.1) is 19.4 Å². The van der Waals surface area contributed by atoms with Gasteiger partial charge in [-0.1, -0.05) is 0 Å². The molecule has 0 aromatic rings. The minimum atomic E-state index is -1.38. The van der Waals surface area contributed by atoms with Gasteiger partial charge in [0, 0.05) is 6.42 Å². The minimum absolute atomic E-state index is 0.150. The van der Waals surface area contributed by atoms with Crippen LogP contribution < -0.4 is 11.1 Å². The van der Waals surface area contributed by atoms with Gasteiger partial charge in [-0.25, -0.2) is 4.79 Å². The van der Waals surface area contributed by atoms with Crippen LogP contribution in [0.4, 0.5) is 0 Å². The SMILES string of the molecule is CCOC(=O)CCC(=O)NC(CC(N)=O)C(=O)O. The number of carboxylic acids is 1. The summed E-state index contributed by atoms with van der Waals surface area (Å²) < 4.78 is 4.60. The standard InChI is InChI=1S/C10H16N2O6/c1-2-18-9(15)4-3-8(14)12-6(10(16)17)5-7(11)13/h6H,2-5H2,1H3,(H2,11,13)(H,12,14)(H,16,17). The van der Waals surface area contributed by atoms with Crippen LogP contribution in [0, 0.1) is 0 Å². The predicted octanol–water partition coefficient (Wildman–Crippen LogP) is -1.23. The summed E-state index contributed by atoms with van der Waals surface area (Å²) in [7, 11) is 0. The van der Waals surface area contributed by atoms with E-state index >= 15 is 0 Å². The monoisotopic (exact) mass is 260 g/mol. The Balaban J connectivity index is 4.14. The Morgan fingerprint density at radius 1 is 1.28 bits per heavy atom. The third-order valence-electron chi connectivity index (χ3n) is 1.90. The molecule has 0 aromatic heterocycles. The number of rotatable bonds is 8. The number of ether oxygens (including phenoxy) is 1. The molecule has 0 heterocycles. The van der Waals surface area contributed by atoms with E-state index in [1.165, 1.54) is 0 Å². The molecule has 1 atom stereocenters. The van der Waals surface area contributed by atoms with Gasteiger partial charge in [0.1, 0.15) is 6.04 Å². The fourth-order valence-electron chi connectivity index (χ4n) is 1.12. The molecule has 0 spiro atoms. The quantitative estimate of drug-likeness (QED) is 0.468. The molecule has 0 aliphatic rings. The molecule has 2 amide bonds. The van der Waals surface area contributed by atoms with E-state index in [1.807, 2.05) is 0 Å². The third kappa shape index (κ3) is 7.20. The second kappa shape index (κ2) is 8.04. The molecular weight excluding hydrogens is 244 g/mol. The number of carbonyl (C=O) groups is 4. The fourth-order valence-corrected chi connectivity index (χ4v) is 1.12. The lowest BCUT2D eigenvalue weighted by Crippen LogP contribution is -2.43. The number of primary amides is 1. The highest BCUT2D eigenvalue weighted by molar-refractivity contribution is 5.89. The van der Waals surface area contributed by atoms with Crippen molar-refractivity contribution < 1.29 is 29.0 Å². The number of hydrogen-bond donors (Lipinski definition) is 3. The molecule has 0 saturated carbocycles. The van der Waals surface area contributed by atoms with E-state index in [-0.39, 0.29) is 19.4 Å². The van der Waals surface area contributed by atoms with Crippen LogP contribution in [-0.4, -0.2) is 41.5 Å². The Hall–Kier alpha value is -2.12. The van der Waals surface area contributed by atoms with Crippen molar-refractivity contribution in [3.8, 4) is 0 Å². The highest BCUT2D eigenvalue weighted by Crippen LogP contribution is 1.97. The zero-order valence-corrected chi connectivity index (χ0v) is 9.97. The average molecular weight is 260 g/mol. The van der Waals surface area contributed by atoms with Crippen LogP contribution in [0.3, 0.4) is 0 Å². The number of carbonyl (C=O) groups excluding carboxylic acids is 3. The fraction of sp³-hybridized carbons (Fsp3) is 0.600. The summed E-state index contributed by atoms with van der Waals surface area (Å²) in [5.74, 6) is -3.41. The van der Waals surface area contributed by atoms with E-state index in [0.717, 1.165) is 0 Å². The van der Waals surface area contributed by atoms with Gasteiger partial charge in [-0.05, 0) is 6.92 Å². The molecule has 8 heteroatoms. The van der Waals surface area contributed by atoms with E-state index in [2.05, 4.69) is 10.1 Å². The highest BCUT2D eigenvalue weighted by Gasteiger charge is 2.22. The third-order valence-corrected chi connectivity index (χ3v) is 1.90. The van der Waals surface area contributed by atoms with E-state index in [9.17, 15) is 19.2 Å². The lowest BCUT2D eigenvalue weighted by Gasteiger charge is -2.12. The first-order chi connectivity index (χ1) is 8.36. The number of nitrogens with two attached hydrogens (primary N) is 1. The van der Waals surface area contributed by atoms with Crippen molar-refractivity contribution in [3.05, 3.63) is 0 Å². The van der Waals surface area contributed by atoms with Crippen molar-refractivity contribution in [2.75, 3.05) is 6.61 Å². The van der Waals surface area contributed by atoms with Gasteiger partial charge >= 0.3 is 11.9 Å². The zero-order valence-electron chi connectivity index (χ0n) is 9.97. The Kier molecular flexibility index (Phi) is 7.10. The normalized spacial score (nSPS) is 11.4. The summed E-state index contributed by atoms with van der Waals surface area (Å²) in [4.78, 5) is 43.5. The van der Waals surface area contributed by atoms with Gasteiger partial charge in [-0.2, -0.15) is 0 Å². The van der Waals surface area contributed by atoms with Crippen LogP contribution in [0.1, 0.15) is 26.2 Å². The van der Waals surface area contributed by atoms with Crippen molar-refractivity contribution in [3.63, 3.8) is 0 Å². The number of amides is 2. The molecule has 1 unspecified atom stereocenters. The van der Waals surface area contributed by atoms with Crippen LogP contribution in [0.15, 0.2) is 0 Å². The molecule has 18 heavy (non-hydrogen) atoms. The molecule has 0 fully saturated rings. The summed E-state index contributed by atoms with van der Waals surface area (Å²) in [5, 5.41) is 10.8. The van der Waals surface area contributed by atoms with Crippen molar-refractivity contribution >= 4 is 23.8 Å². The Morgan fingerprint density at radius 3 is 2.33 bits per heavy atom. The second-order valence-electron chi connectivity index (χ2n) is 3.43. The van der Waals surface area contributed by atoms with E-state index in [1.54, 1.807) is 6.92 Å². The second-order valence-corrected chi connectivity index (χ2v) is 3.43. The zero-order chi connectivity index (χ0) is 14.1. The summed E-state index contributed by atoms with van der Waals surface area (Å²) in [6.07, 6.45) is -0.857. The number of nitrogens with one attached hydrogen (secondary N) is 1. The topological polar surface area (TPSA) is 136 Å². The largest absolute Gasteiger partial charge is 0.480 e. The maximum atomic E-state index is 11.3. The molecule has 0 bridgehead atoms. The smallest absolute Gasteiger partial charge is 0.326 e. The first-order valence-electron chi connectivity index (χ1n) is 5.32.